The van der Waals surface area contributed by atoms with Crippen LogP contribution in [0.2, 0.25) is 0 Å². The average molecular weight is 287 g/mol. The van der Waals surface area contributed by atoms with Gasteiger partial charge in [-0.2, -0.15) is 0 Å². The van der Waals surface area contributed by atoms with E-state index in [1.807, 2.05) is 12.1 Å². The largest absolute Gasteiger partial charge is 0.399 e. The van der Waals surface area contributed by atoms with Crippen LogP contribution in [0, 0.1) is 5.92 Å². The lowest BCUT2D eigenvalue weighted by molar-refractivity contribution is 0.0607. The van der Waals surface area contributed by atoms with Crippen molar-refractivity contribution in [2.45, 2.75) is 58.1 Å². The van der Waals surface area contributed by atoms with Gasteiger partial charge in [0.1, 0.15) is 5.82 Å². The van der Waals surface area contributed by atoms with Crippen molar-refractivity contribution < 1.29 is 5.11 Å². The van der Waals surface area contributed by atoms with Gasteiger partial charge in [-0.3, -0.25) is 0 Å². The Morgan fingerprint density at radius 3 is 2.81 bits per heavy atom. The van der Waals surface area contributed by atoms with Crippen LogP contribution in [0.5, 0.6) is 0 Å². The number of hydrogen-bond acceptors (Lipinski definition) is 3. The van der Waals surface area contributed by atoms with Gasteiger partial charge in [0.2, 0.25) is 0 Å². The Bertz CT molecular complexity index is 632. The van der Waals surface area contributed by atoms with Crippen LogP contribution in [-0.2, 0) is 6.54 Å². The maximum absolute atomic E-state index is 10.3. The first-order valence-corrected chi connectivity index (χ1v) is 8.00. The molecule has 4 heteroatoms. The zero-order chi connectivity index (χ0) is 15.0. The van der Waals surface area contributed by atoms with E-state index >= 15 is 0 Å². The molecule has 0 amide bonds. The van der Waals surface area contributed by atoms with Crippen molar-refractivity contribution in [1.82, 2.24) is 9.55 Å². The zero-order valence-corrected chi connectivity index (χ0v) is 12.9. The number of fused-ring (bicyclic) bond motifs is 1. The molecule has 1 aliphatic rings. The third kappa shape index (κ3) is 2.77. The summed E-state index contributed by atoms with van der Waals surface area (Å²) in [5, 5.41) is 10.3. The van der Waals surface area contributed by atoms with Crippen molar-refractivity contribution in [1.29, 1.82) is 0 Å². The van der Waals surface area contributed by atoms with Crippen LogP contribution >= 0.6 is 0 Å². The second kappa shape index (κ2) is 5.68. The van der Waals surface area contributed by atoms with E-state index in [-0.39, 0.29) is 6.10 Å². The summed E-state index contributed by atoms with van der Waals surface area (Å²) in [6.07, 6.45) is 4.23. The molecule has 2 unspecified atom stereocenters. The van der Waals surface area contributed by atoms with E-state index in [4.69, 9.17) is 10.7 Å². The Morgan fingerprint density at radius 2 is 2.10 bits per heavy atom. The highest BCUT2D eigenvalue weighted by Crippen LogP contribution is 2.30. The summed E-state index contributed by atoms with van der Waals surface area (Å²) in [5.74, 6) is 1.79. The van der Waals surface area contributed by atoms with Gasteiger partial charge in [-0.25, -0.2) is 4.98 Å². The minimum atomic E-state index is -0.176. The van der Waals surface area contributed by atoms with Gasteiger partial charge in [0.05, 0.1) is 17.1 Å². The van der Waals surface area contributed by atoms with Gasteiger partial charge in [-0.15, -0.1) is 0 Å². The number of hydrogen-bond donors (Lipinski definition) is 2. The first-order chi connectivity index (χ1) is 10.1. The number of nitrogen functional groups attached to an aromatic ring is 1. The van der Waals surface area contributed by atoms with E-state index in [1.165, 1.54) is 6.42 Å². The lowest BCUT2D eigenvalue weighted by Crippen LogP contribution is -2.29. The van der Waals surface area contributed by atoms with Crippen LogP contribution in [0.25, 0.3) is 11.0 Å². The molecule has 1 saturated carbocycles. The lowest BCUT2D eigenvalue weighted by Gasteiger charge is -2.29. The molecule has 21 heavy (non-hydrogen) atoms. The molecular formula is C17H25N3O. The Morgan fingerprint density at radius 1 is 1.33 bits per heavy atom. The fourth-order valence-corrected chi connectivity index (χ4v) is 3.43. The van der Waals surface area contributed by atoms with Crippen molar-refractivity contribution in [3.63, 3.8) is 0 Å². The number of aliphatic hydroxyl groups is 1. The summed E-state index contributed by atoms with van der Waals surface area (Å²) >= 11 is 0. The molecule has 1 aliphatic carbocycles. The van der Waals surface area contributed by atoms with Gasteiger partial charge in [-0.05, 0) is 31.0 Å². The molecule has 0 bridgehead atoms. The number of anilines is 1. The molecule has 1 aromatic heterocycles. The molecule has 2 atom stereocenters. The molecule has 0 saturated heterocycles. The van der Waals surface area contributed by atoms with Gasteiger partial charge in [0.15, 0.2) is 0 Å². The summed E-state index contributed by atoms with van der Waals surface area (Å²) < 4.78 is 2.29. The molecule has 1 fully saturated rings. The molecule has 4 nitrogen and oxygen atoms in total. The summed E-state index contributed by atoms with van der Waals surface area (Å²) in [6.45, 7) is 5.19. The molecule has 1 aromatic carbocycles. The molecule has 3 N–H and O–H groups in total. The average Bonchev–Trinajstić information content (AvgIpc) is 2.79. The normalized spacial score (nSPS) is 23.0. The highest BCUT2D eigenvalue weighted by Gasteiger charge is 2.25. The number of aromatic nitrogens is 2. The summed E-state index contributed by atoms with van der Waals surface area (Å²) in [4.78, 5) is 4.76. The number of benzene rings is 1. The van der Waals surface area contributed by atoms with Gasteiger partial charge in [0.25, 0.3) is 0 Å². The number of nitrogens with two attached hydrogens (primary N) is 1. The molecule has 3 rings (SSSR count). The molecule has 114 valence electrons. The standard InChI is InChI=1S/C17H25N3O/c1-11(2)17-19-14-9-13(18)7-8-15(14)20(17)10-12-5-3-4-6-16(12)21/h7-9,11-12,16,21H,3-6,10,18H2,1-2H3. The SMILES string of the molecule is CC(C)c1nc2cc(N)ccc2n1CC1CCCCC1O. The topological polar surface area (TPSA) is 64.1 Å². The Labute approximate surface area is 126 Å². The van der Waals surface area contributed by atoms with Crippen LogP contribution in [0.3, 0.4) is 0 Å². The van der Waals surface area contributed by atoms with Gasteiger partial charge in [0, 0.05) is 24.1 Å². The molecule has 2 aromatic rings. The summed E-state index contributed by atoms with van der Waals surface area (Å²) in [7, 11) is 0. The second-order valence-corrected chi connectivity index (χ2v) is 6.60. The predicted octanol–water partition coefficient (Wildman–Crippen LogP) is 3.29. The first-order valence-electron chi connectivity index (χ1n) is 8.00. The molecule has 0 spiro atoms. The second-order valence-electron chi connectivity index (χ2n) is 6.60. The quantitative estimate of drug-likeness (QED) is 0.851. The summed E-state index contributed by atoms with van der Waals surface area (Å²) in [5.41, 5.74) is 8.72. The monoisotopic (exact) mass is 287 g/mol. The van der Waals surface area contributed by atoms with Gasteiger partial charge in [-0.1, -0.05) is 26.7 Å². The number of imidazole rings is 1. The highest BCUT2D eigenvalue weighted by molar-refractivity contribution is 5.79. The molecular weight excluding hydrogens is 262 g/mol. The Balaban J connectivity index is 2.00. The highest BCUT2D eigenvalue weighted by atomic mass is 16.3. The van der Waals surface area contributed by atoms with Crippen molar-refractivity contribution in [3.05, 3.63) is 24.0 Å². The molecule has 0 radical (unpaired) electrons. The van der Waals surface area contributed by atoms with E-state index in [0.29, 0.717) is 11.8 Å². The fraction of sp³-hybridized carbons (Fsp3) is 0.588. The van der Waals surface area contributed by atoms with Crippen molar-refractivity contribution in [2.24, 2.45) is 5.92 Å². The maximum Gasteiger partial charge on any atom is 0.112 e. The van der Waals surface area contributed by atoms with Crippen LogP contribution in [-0.4, -0.2) is 20.8 Å². The number of nitrogens with zero attached hydrogens (tertiary/aromatic N) is 2. The van der Waals surface area contributed by atoms with E-state index < -0.39 is 0 Å². The zero-order valence-electron chi connectivity index (χ0n) is 12.9. The van der Waals surface area contributed by atoms with E-state index in [2.05, 4.69) is 24.5 Å². The van der Waals surface area contributed by atoms with Crippen molar-refractivity contribution in [2.75, 3.05) is 5.73 Å². The van der Waals surface area contributed by atoms with E-state index in [9.17, 15) is 5.11 Å². The van der Waals surface area contributed by atoms with Crippen molar-refractivity contribution in [3.8, 4) is 0 Å². The van der Waals surface area contributed by atoms with E-state index in [1.54, 1.807) is 0 Å². The van der Waals surface area contributed by atoms with Gasteiger partial charge < -0.3 is 15.4 Å². The number of aliphatic hydroxyl groups excluding tert-OH is 1. The summed E-state index contributed by atoms with van der Waals surface area (Å²) in [6, 6.07) is 5.93. The third-order valence-corrected chi connectivity index (χ3v) is 4.60. The van der Waals surface area contributed by atoms with Crippen LogP contribution < -0.4 is 5.73 Å². The third-order valence-electron chi connectivity index (χ3n) is 4.60. The van der Waals surface area contributed by atoms with E-state index in [0.717, 1.165) is 48.4 Å². The maximum atomic E-state index is 10.3. The molecule has 0 aliphatic heterocycles. The Hall–Kier alpha value is -1.55. The van der Waals surface area contributed by atoms with Gasteiger partial charge >= 0.3 is 0 Å². The Kier molecular flexibility index (Phi) is 3.89. The van der Waals surface area contributed by atoms with Crippen LogP contribution in [0.15, 0.2) is 18.2 Å². The lowest BCUT2D eigenvalue weighted by atomic mass is 9.86. The van der Waals surface area contributed by atoms with Crippen LogP contribution in [0.4, 0.5) is 5.69 Å². The smallest absolute Gasteiger partial charge is 0.112 e. The first kappa shape index (κ1) is 14.4. The predicted molar refractivity (Wildman–Crippen MR) is 86.2 cm³/mol. The minimum Gasteiger partial charge on any atom is -0.399 e. The fourth-order valence-electron chi connectivity index (χ4n) is 3.43. The minimum absolute atomic E-state index is 0.176. The molecule has 1 heterocycles. The van der Waals surface area contributed by atoms with Crippen molar-refractivity contribution >= 4 is 16.7 Å². The number of rotatable bonds is 3. The van der Waals surface area contributed by atoms with Crippen LogP contribution in [0.1, 0.15) is 51.3 Å².